The van der Waals surface area contributed by atoms with Crippen molar-refractivity contribution in [2.24, 2.45) is 5.92 Å². The molecule has 0 saturated carbocycles. The second-order valence-corrected chi connectivity index (χ2v) is 7.16. The molecule has 1 heterocycles. The van der Waals surface area contributed by atoms with Gasteiger partial charge >= 0.3 is 0 Å². The molecule has 1 N–H and O–H groups in total. The minimum Gasteiger partial charge on any atom is -0.310 e. The number of aryl methyl sites for hydroxylation is 1. The summed E-state index contributed by atoms with van der Waals surface area (Å²) in [6, 6.07) is 0. The number of sulfone groups is 1. The van der Waals surface area contributed by atoms with E-state index >= 15 is 0 Å². The standard InChI is InChI=1S/C11H22N4O2S/c1-4-18(16,17)6-5-15-9-13-11(14-15)8-12-7-10(2)3/h9-10,12H,4-8H2,1-3H3. The number of hydrogen-bond acceptors (Lipinski definition) is 5. The van der Waals surface area contributed by atoms with Gasteiger partial charge < -0.3 is 5.32 Å². The van der Waals surface area contributed by atoms with Crippen LogP contribution in [0.5, 0.6) is 0 Å². The van der Waals surface area contributed by atoms with Crippen LogP contribution in [0, 0.1) is 5.92 Å². The van der Waals surface area contributed by atoms with E-state index in [1.807, 2.05) is 0 Å². The van der Waals surface area contributed by atoms with Crippen molar-refractivity contribution in [3.8, 4) is 0 Å². The summed E-state index contributed by atoms with van der Waals surface area (Å²) in [5.41, 5.74) is 0. The number of nitrogens with zero attached hydrogens (tertiary/aromatic N) is 3. The normalized spacial score (nSPS) is 12.2. The number of hydrogen-bond donors (Lipinski definition) is 1. The van der Waals surface area contributed by atoms with Crippen molar-refractivity contribution in [3.63, 3.8) is 0 Å². The van der Waals surface area contributed by atoms with Gasteiger partial charge in [0, 0.05) is 5.75 Å². The highest BCUT2D eigenvalue weighted by Gasteiger charge is 2.08. The Morgan fingerprint density at radius 3 is 2.78 bits per heavy atom. The number of nitrogens with one attached hydrogen (secondary N) is 1. The van der Waals surface area contributed by atoms with Crippen LogP contribution in [-0.4, -0.2) is 41.2 Å². The van der Waals surface area contributed by atoms with Gasteiger partial charge in [0.15, 0.2) is 15.7 Å². The number of aromatic nitrogens is 3. The molecule has 0 unspecified atom stereocenters. The van der Waals surface area contributed by atoms with Crippen molar-refractivity contribution in [1.82, 2.24) is 20.1 Å². The van der Waals surface area contributed by atoms with E-state index in [0.717, 1.165) is 6.54 Å². The molecule has 0 fully saturated rings. The van der Waals surface area contributed by atoms with Crippen molar-refractivity contribution >= 4 is 9.84 Å². The summed E-state index contributed by atoms with van der Waals surface area (Å²) in [6.07, 6.45) is 1.58. The maximum absolute atomic E-state index is 11.4. The fourth-order valence-electron chi connectivity index (χ4n) is 1.37. The van der Waals surface area contributed by atoms with Crippen molar-refractivity contribution in [2.45, 2.75) is 33.9 Å². The topological polar surface area (TPSA) is 76.9 Å². The molecule has 0 atom stereocenters. The Bertz CT molecular complexity index is 453. The predicted octanol–water partition coefficient (Wildman–Crippen LogP) is 0.458. The molecule has 0 aliphatic carbocycles. The van der Waals surface area contributed by atoms with Gasteiger partial charge in [-0.25, -0.2) is 13.4 Å². The van der Waals surface area contributed by atoms with Gasteiger partial charge in [-0.2, -0.15) is 5.10 Å². The highest BCUT2D eigenvalue weighted by molar-refractivity contribution is 7.91. The first-order valence-corrected chi connectivity index (χ1v) is 8.04. The van der Waals surface area contributed by atoms with Crippen LogP contribution < -0.4 is 5.32 Å². The lowest BCUT2D eigenvalue weighted by atomic mass is 10.2. The molecule has 0 aliphatic heterocycles. The van der Waals surface area contributed by atoms with Crippen LogP contribution in [0.3, 0.4) is 0 Å². The molecule has 18 heavy (non-hydrogen) atoms. The highest BCUT2D eigenvalue weighted by Crippen LogP contribution is 1.95. The van der Waals surface area contributed by atoms with Crippen LogP contribution in [0.25, 0.3) is 0 Å². The van der Waals surface area contributed by atoms with Crippen molar-refractivity contribution in [2.75, 3.05) is 18.1 Å². The maximum atomic E-state index is 11.4. The lowest BCUT2D eigenvalue weighted by Crippen LogP contribution is -2.20. The Hall–Kier alpha value is -0.950. The van der Waals surface area contributed by atoms with E-state index in [4.69, 9.17) is 0 Å². The van der Waals surface area contributed by atoms with Gasteiger partial charge in [-0.05, 0) is 12.5 Å². The second kappa shape index (κ2) is 6.84. The summed E-state index contributed by atoms with van der Waals surface area (Å²) in [7, 11) is -2.94. The minimum atomic E-state index is -2.94. The fraction of sp³-hybridized carbons (Fsp3) is 0.818. The van der Waals surface area contributed by atoms with E-state index in [9.17, 15) is 8.42 Å². The molecule has 0 radical (unpaired) electrons. The van der Waals surface area contributed by atoms with Crippen molar-refractivity contribution in [3.05, 3.63) is 12.2 Å². The predicted molar refractivity (Wildman–Crippen MR) is 70.9 cm³/mol. The minimum absolute atomic E-state index is 0.117. The maximum Gasteiger partial charge on any atom is 0.164 e. The molecule has 0 spiro atoms. The lowest BCUT2D eigenvalue weighted by molar-refractivity contribution is 0.537. The quantitative estimate of drug-likeness (QED) is 0.745. The molecule has 0 bridgehead atoms. The zero-order valence-corrected chi connectivity index (χ0v) is 12.1. The van der Waals surface area contributed by atoms with E-state index in [1.165, 1.54) is 0 Å². The first-order chi connectivity index (χ1) is 8.43. The lowest BCUT2D eigenvalue weighted by Gasteiger charge is -2.04. The van der Waals surface area contributed by atoms with E-state index in [2.05, 4.69) is 29.2 Å². The molecule has 0 aliphatic rings. The van der Waals surface area contributed by atoms with Gasteiger partial charge in [0.05, 0.1) is 18.8 Å². The molecular weight excluding hydrogens is 252 g/mol. The third-order valence-corrected chi connectivity index (χ3v) is 4.18. The third kappa shape index (κ3) is 5.59. The summed E-state index contributed by atoms with van der Waals surface area (Å²) in [4.78, 5) is 4.13. The Kier molecular flexibility index (Phi) is 5.74. The molecule has 104 valence electrons. The van der Waals surface area contributed by atoms with Gasteiger partial charge in [0.1, 0.15) is 6.33 Å². The van der Waals surface area contributed by atoms with Crippen molar-refractivity contribution < 1.29 is 8.42 Å². The van der Waals surface area contributed by atoms with Gasteiger partial charge in [-0.1, -0.05) is 20.8 Å². The highest BCUT2D eigenvalue weighted by atomic mass is 32.2. The average molecular weight is 274 g/mol. The van der Waals surface area contributed by atoms with Gasteiger partial charge in [-0.3, -0.25) is 4.68 Å². The van der Waals surface area contributed by atoms with Crippen molar-refractivity contribution in [1.29, 1.82) is 0 Å². The zero-order chi connectivity index (χ0) is 13.6. The van der Waals surface area contributed by atoms with Crippen LogP contribution >= 0.6 is 0 Å². The third-order valence-electron chi connectivity index (χ3n) is 2.49. The van der Waals surface area contributed by atoms with Crippen LogP contribution in [0.4, 0.5) is 0 Å². The fourth-order valence-corrected chi connectivity index (χ4v) is 2.13. The summed E-state index contributed by atoms with van der Waals surface area (Å²) < 4.78 is 24.3. The summed E-state index contributed by atoms with van der Waals surface area (Å²) in [5, 5.41) is 7.46. The van der Waals surface area contributed by atoms with Crippen LogP contribution in [0.1, 0.15) is 26.6 Å². The monoisotopic (exact) mass is 274 g/mol. The van der Waals surface area contributed by atoms with E-state index in [1.54, 1.807) is 17.9 Å². The Morgan fingerprint density at radius 1 is 1.44 bits per heavy atom. The van der Waals surface area contributed by atoms with Crippen LogP contribution in [-0.2, 0) is 22.9 Å². The number of rotatable bonds is 8. The SMILES string of the molecule is CCS(=O)(=O)CCn1cnc(CNCC(C)C)n1. The molecular formula is C11H22N4O2S. The van der Waals surface area contributed by atoms with Crippen LogP contribution in [0.2, 0.25) is 0 Å². The first-order valence-electron chi connectivity index (χ1n) is 6.22. The van der Waals surface area contributed by atoms with Gasteiger partial charge in [-0.15, -0.1) is 0 Å². The van der Waals surface area contributed by atoms with Crippen LogP contribution in [0.15, 0.2) is 6.33 Å². The summed E-state index contributed by atoms with van der Waals surface area (Å²) >= 11 is 0. The average Bonchev–Trinajstić information content (AvgIpc) is 2.74. The smallest absolute Gasteiger partial charge is 0.164 e. The molecule has 0 aromatic carbocycles. The second-order valence-electron chi connectivity index (χ2n) is 4.68. The molecule has 0 saturated heterocycles. The Morgan fingerprint density at radius 2 is 2.17 bits per heavy atom. The van der Waals surface area contributed by atoms with E-state index in [-0.39, 0.29) is 11.5 Å². The summed E-state index contributed by atoms with van der Waals surface area (Å²) in [5.74, 6) is 1.57. The molecule has 1 aromatic rings. The molecule has 1 rings (SSSR count). The first kappa shape index (κ1) is 15.1. The Labute approximate surface area is 109 Å². The van der Waals surface area contributed by atoms with Gasteiger partial charge in [0.25, 0.3) is 0 Å². The molecule has 0 amide bonds. The molecule has 7 heteroatoms. The Balaban J connectivity index is 2.39. The molecule has 1 aromatic heterocycles. The zero-order valence-electron chi connectivity index (χ0n) is 11.3. The molecule has 6 nitrogen and oxygen atoms in total. The van der Waals surface area contributed by atoms with E-state index < -0.39 is 9.84 Å². The summed E-state index contributed by atoms with van der Waals surface area (Å²) in [6.45, 7) is 7.82. The largest absolute Gasteiger partial charge is 0.310 e. The van der Waals surface area contributed by atoms with E-state index in [0.29, 0.717) is 24.8 Å². The van der Waals surface area contributed by atoms with Gasteiger partial charge in [0.2, 0.25) is 0 Å².